The number of H-pyrrole nitrogens is 1. The first-order chi connectivity index (χ1) is 8.65. The van der Waals surface area contributed by atoms with Crippen LogP contribution in [0.1, 0.15) is 13.8 Å². The van der Waals surface area contributed by atoms with Crippen molar-refractivity contribution >= 4 is 23.4 Å². The number of hydrogen-bond acceptors (Lipinski definition) is 4. The van der Waals surface area contributed by atoms with Gasteiger partial charge in [0.15, 0.2) is 5.16 Å². The number of aromatic amines is 1. The van der Waals surface area contributed by atoms with Gasteiger partial charge in [-0.1, -0.05) is 25.6 Å². The Bertz CT molecular complexity index is 507. The summed E-state index contributed by atoms with van der Waals surface area (Å²) in [6.45, 7) is 3.73. The SMILES string of the molecule is CC(C)C(=O)Nc1ccc(Sc2ncn[nH]2)cc1. The Morgan fingerprint density at radius 1 is 1.33 bits per heavy atom. The zero-order valence-electron chi connectivity index (χ0n) is 10.2. The fraction of sp³-hybridized carbons (Fsp3) is 0.250. The average Bonchev–Trinajstić information content (AvgIpc) is 2.84. The molecule has 0 saturated heterocycles. The van der Waals surface area contributed by atoms with Crippen LogP contribution in [0.5, 0.6) is 0 Å². The number of benzene rings is 1. The summed E-state index contributed by atoms with van der Waals surface area (Å²) in [5, 5.41) is 10.1. The highest BCUT2D eigenvalue weighted by Gasteiger charge is 2.07. The number of carbonyl (C=O) groups excluding carboxylic acids is 1. The van der Waals surface area contributed by atoms with E-state index >= 15 is 0 Å². The van der Waals surface area contributed by atoms with Crippen LogP contribution in [0.3, 0.4) is 0 Å². The Labute approximate surface area is 109 Å². The number of nitrogens with zero attached hydrogens (tertiary/aromatic N) is 2. The molecule has 0 atom stereocenters. The average molecular weight is 262 g/mol. The number of rotatable bonds is 4. The first kappa shape index (κ1) is 12.6. The highest BCUT2D eigenvalue weighted by molar-refractivity contribution is 7.99. The Morgan fingerprint density at radius 2 is 2.06 bits per heavy atom. The Kier molecular flexibility index (Phi) is 3.99. The first-order valence-corrected chi connectivity index (χ1v) is 6.41. The molecular weight excluding hydrogens is 248 g/mol. The van der Waals surface area contributed by atoms with Gasteiger partial charge in [0.1, 0.15) is 6.33 Å². The van der Waals surface area contributed by atoms with Crippen molar-refractivity contribution in [3.8, 4) is 0 Å². The Hall–Kier alpha value is -1.82. The summed E-state index contributed by atoms with van der Waals surface area (Å²) in [5.41, 5.74) is 0.801. The molecule has 0 saturated carbocycles. The second kappa shape index (κ2) is 5.68. The lowest BCUT2D eigenvalue weighted by atomic mass is 10.2. The molecule has 94 valence electrons. The van der Waals surface area contributed by atoms with Crippen molar-refractivity contribution in [3.63, 3.8) is 0 Å². The van der Waals surface area contributed by atoms with Gasteiger partial charge in [-0.2, -0.15) is 5.10 Å². The number of aromatic nitrogens is 3. The zero-order chi connectivity index (χ0) is 13.0. The van der Waals surface area contributed by atoms with Crippen LogP contribution < -0.4 is 5.32 Å². The lowest BCUT2D eigenvalue weighted by Crippen LogP contribution is -2.17. The lowest BCUT2D eigenvalue weighted by Gasteiger charge is -2.07. The molecule has 1 heterocycles. The van der Waals surface area contributed by atoms with Gasteiger partial charge in [0.05, 0.1) is 0 Å². The highest BCUT2D eigenvalue weighted by atomic mass is 32.2. The van der Waals surface area contributed by atoms with E-state index in [-0.39, 0.29) is 11.8 Å². The van der Waals surface area contributed by atoms with Gasteiger partial charge in [0.2, 0.25) is 5.91 Å². The van der Waals surface area contributed by atoms with Gasteiger partial charge in [0, 0.05) is 16.5 Å². The first-order valence-electron chi connectivity index (χ1n) is 5.59. The van der Waals surface area contributed by atoms with Crippen molar-refractivity contribution in [3.05, 3.63) is 30.6 Å². The highest BCUT2D eigenvalue weighted by Crippen LogP contribution is 2.25. The third kappa shape index (κ3) is 3.33. The molecule has 18 heavy (non-hydrogen) atoms. The van der Waals surface area contributed by atoms with Crippen LogP contribution in [-0.2, 0) is 4.79 Å². The van der Waals surface area contributed by atoms with Crippen LogP contribution in [0.2, 0.25) is 0 Å². The maximum absolute atomic E-state index is 11.5. The summed E-state index contributed by atoms with van der Waals surface area (Å²) in [5.74, 6) is -0.00103. The lowest BCUT2D eigenvalue weighted by molar-refractivity contribution is -0.118. The fourth-order valence-corrected chi connectivity index (χ4v) is 1.94. The van der Waals surface area contributed by atoms with Crippen LogP contribution in [0.15, 0.2) is 40.6 Å². The van der Waals surface area contributed by atoms with Crippen molar-refractivity contribution in [2.75, 3.05) is 5.32 Å². The van der Waals surface area contributed by atoms with E-state index in [1.165, 1.54) is 18.1 Å². The number of anilines is 1. The minimum absolute atomic E-state index is 0.0191. The van der Waals surface area contributed by atoms with Crippen molar-refractivity contribution < 1.29 is 4.79 Å². The topological polar surface area (TPSA) is 70.7 Å². The minimum atomic E-state index is -0.0201. The predicted octanol–water partition coefficient (Wildman–Crippen LogP) is 2.55. The van der Waals surface area contributed by atoms with Crippen LogP contribution in [0.25, 0.3) is 0 Å². The van der Waals surface area contributed by atoms with E-state index in [1.807, 2.05) is 38.1 Å². The van der Waals surface area contributed by atoms with Gasteiger partial charge in [-0.25, -0.2) is 4.98 Å². The molecule has 0 spiro atoms. The van der Waals surface area contributed by atoms with E-state index in [0.717, 1.165) is 15.7 Å². The molecule has 0 aliphatic heterocycles. The molecule has 0 fully saturated rings. The van der Waals surface area contributed by atoms with E-state index in [4.69, 9.17) is 0 Å². The molecule has 0 bridgehead atoms. The number of hydrogen-bond donors (Lipinski definition) is 2. The van der Waals surface area contributed by atoms with Crippen molar-refractivity contribution in [1.29, 1.82) is 0 Å². The van der Waals surface area contributed by atoms with Gasteiger partial charge < -0.3 is 5.32 Å². The number of amides is 1. The molecule has 0 aliphatic rings. The summed E-state index contributed by atoms with van der Waals surface area (Å²) >= 11 is 1.49. The molecule has 0 unspecified atom stereocenters. The number of carbonyl (C=O) groups is 1. The fourth-order valence-electron chi connectivity index (χ4n) is 1.25. The van der Waals surface area contributed by atoms with Gasteiger partial charge in [-0.15, -0.1) is 0 Å². The maximum Gasteiger partial charge on any atom is 0.226 e. The van der Waals surface area contributed by atoms with Crippen LogP contribution in [-0.4, -0.2) is 21.1 Å². The minimum Gasteiger partial charge on any atom is -0.326 e. The normalized spacial score (nSPS) is 10.6. The standard InChI is InChI=1S/C12H14N4OS/c1-8(2)11(17)15-9-3-5-10(6-4-9)18-12-13-7-14-16-12/h3-8H,1-2H3,(H,15,17)(H,13,14,16). The molecule has 0 aliphatic carbocycles. The third-order valence-electron chi connectivity index (χ3n) is 2.25. The molecular formula is C12H14N4OS. The molecule has 5 nitrogen and oxygen atoms in total. The summed E-state index contributed by atoms with van der Waals surface area (Å²) in [7, 11) is 0. The van der Waals surface area contributed by atoms with E-state index in [0.29, 0.717) is 0 Å². The van der Waals surface area contributed by atoms with Crippen molar-refractivity contribution in [2.45, 2.75) is 23.9 Å². The van der Waals surface area contributed by atoms with Crippen LogP contribution >= 0.6 is 11.8 Å². The summed E-state index contributed by atoms with van der Waals surface area (Å²) in [6, 6.07) is 7.62. The molecule has 1 aromatic carbocycles. The quantitative estimate of drug-likeness (QED) is 0.888. The van der Waals surface area contributed by atoms with Gasteiger partial charge >= 0.3 is 0 Å². The van der Waals surface area contributed by atoms with E-state index in [2.05, 4.69) is 20.5 Å². The summed E-state index contributed by atoms with van der Waals surface area (Å²) in [4.78, 5) is 16.6. The predicted molar refractivity (Wildman–Crippen MR) is 70.4 cm³/mol. The second-order valence-corrected chi connectivity index (χ2v) is 5.12. The molecule has 2 N–H and O–H groups in total. The van der Waals surface area contributed by atoms with Crippen LogP contribution in [0, 0.1) is 5.92 Å². The largest absolute Gasteiger partial charge is 0.326 e. The number of nitrogens with one attached hydrogen (secondary N) is 2. The van der Waals surface area contributed by atoms with Gasteiger partial charge in [0.25, 0.3) is 0 Å². The smallest absolute Gasteiger partial charge is 0.226 e. The molecule has 2 aromatic rings. The molecule has 2 rings (SSSR count). The third-order valence-corrected chi connectivity index (χ3v) is 3.15. The molecule has 1 aromatic heterocycles. The molecule has 0 radical (unpaired) electrons. The summed E-state index contributed by atoms with van der Waals surface area (Å²) in [6.07, 6.45) is 1.47. The van der Waals surface area contributed by atoms with Crippen molar-refractivity contribution in [2.24, 2.45) is 5.92 Å². The van der Waals surface area contributed by atoms with Crippen molar-refractivity contribution in [1.82, 2.24) is 15.2 Å². The van der Waals surface area contributed by atoms with Crippen LogP contribution in [0.4, 0.5) is 5.69 Å². The van der Waals surface area contributed by atoms with E-state index < -0.39 is 0 Å². The molecule has 6 heteroatoms. The zero-order valence-corrected chi connectivity index (χ0v) is 11.0. The summed E-state index contributed by atoms with van der Waals surface area (Å²) < 4.78 is 0. The Balaban J connectivity index is 1.99. The Morgan fingerprint density at radius 3 is 2.61 bits per heavy atom. The van der Waals surface area contributed by atoms with Gasteiger partial charge in [-0.05, 0) is 24.3 Å². The van der Waals surface area contributed by atoms with E-state index in [1.54, 1.807) is 0 Å². The monoisotopic (exact) mass is 262 g/mol. The van der Waals surface area contributed by atoms with E-state index in [9.17, 15) is 4.79 Å². The maximum atomic E-state index is 11.5. The molecule has 1 amide bonds. The van der Waals surface area contributed by atoms with Gasteiger partial charge in [-0.3, -0.25) is 9.89 Å². The second-order valence-electron chi connectivity index (χ2n) is 4.06.